The molecule has 0 aromatic heterocycles. The molecule has 0 spiro atoms. The van der Waals surface area contributed by atoms with Crippen molar-refractivity contribution in [3.05, 3.63) is 0 Å². The molecule has 0 radical (unpaired) electrons. The second-order valence-electron chi connectivity index (χ2n) is 5.74. The normalized spacial score (nSPS) is 28.4. The van der Waals surface area contributed by atoms with E-state index >= 15 is 0 Å². The van der Waals surface area contributed by atoms with Crippen molar-refractivity contribution in [1.82, 2.24) is 10.2 Å². The molecule has 2 rings (SSSR count). The summed E-state index contributed by atoms with van der Waals surface area (Å²) in [5, 5.41) is 3.68. The lowest BCUT2D eigenvalue weighted by molar-refractivity contribution is -0.0668. The minimum Gasteiger partial charge on any atom is -0.381 e. The molecule has 2 aliphatic heterocycles. The highest BCUT2D eigenvalue weighted by molar-refractivity contribution is 4.88. The summed E-state index contributed by atoms with van der Waals surface area (Å²) in [5.74, 6) is 0.709. The molecule has 1 N–H and O–H groups in total. The number of nitrogens with zero attached hydrogens (tertiary/aromatic N) is 1. The third kappa shape index (κ3) is 4.42. The van der Waals surface area contributed by atoms with Crippen LogP contribution in [0.15, 0.2) is 0 Å². The Kier molecular flexibility index (Phi) is 6.57. The zero-order valence-electron chi connectivity index (χ0n) is 12.6. The predicted octanol–water partition coefficient (Wildman–Crippen LogP) is 1.50. The molecule has 2 atom stereocenters. The molecule has 0 saturated carbocycles. The number of nitrogens with one attached hydrogen (secondary N) is 1. The van der Waals surface area contributed by atoms with Crippen molar-refractivity contribution in [2.24, 2.45) is 5.92 Å². The Labute approximate surface area is 117 Å². The highest BCUT2D eigenvalue weighted by Gasteiger charge is 2.33. The van der Waals surface area contributed by atoms with Crippen LogP contribution in [0.1, 0.15) is 33.1 Å². The van der Waals surface area contributed by atoms with Crippen molar-refractivity contribution in [2.75, 3.05) is 46.0 Å². The van der Waals surface area contributed by atoms with E-state index in [0.29, 0.717) is 18.1 Å². The van der Waals surface area contributed by atoms with Crippen LogP contribution in [0.5, 0.6) is 0 Å². The lowest BCUT2D eigenvalue weighted by atomic mass is 9.87. The maximum atomic E-state index is 6.08. The van der Waals surface area contributed by atoms with E-state index in [1.165, 1.54) is 25.8 Å². The van der Waals surface area contributed by atoms with Crippen LogP contribution in [0.3, 0.4) is 0 Å². The quantitative estimate of drug-likeness (QED) is 0.793. The molecule has 2 saturated heterocycles. The number of morpholine rings is 1. The van der Waals surface area contributed by atoms with Crippen LogP contribution < -0.4 is 5.32 Å². The highest BCUT2D eigenvalue weighted by atomic mass is 16.5. The number of hydrogen-bond donors (Lipinski definition) is 1. The van der Waals surface area contributed by atoms with Crippen molar-refractivity contribution in [3.63, 3.8) is 0 Å². The monoisotopic (exact) mass is 270 g/mol. The Balaban J connectivity index is 1.92. The largest absolute Gasteiger partial charge is 0.381 e. The molecule has 2 aliphatic rings. The Bertz CT molecular complexity index is 242. The molecule has 0 aromatic rings. The fourth-order valence-electron chi connectivity index (χ4n) is 3.38. The van der Waals surface area contributed by atoms with Crippen molar-refractivity contribution < 1.29 is 9.47 Å². The Hall–Kier alpha value is -0.160. The lowest BCUT2D eigenvalue weighted by Gasteiger charge is -2.41. The van der Waals surface area contributed by atoms with Gasteiger partial charge in [0.25, 0.3) is 0 Å². The minimum atomic E-state index is 0.350. The third-order valence-electron chi connectivity index (χ3n) is 4.33. The van der Waals surface area contributed by atoms with Gasteiger partial charge in [-0.15, -0.1) is 0 Å². The molecule has 2 heterocycles. The van der Waals surface area contributed by atoms with Crippen LogP contribution in [-0.4, -0.2) is 63.0 Å². The van der Waals surface area contributed by atoms with Gasteiger partial charge in [0.05, 0.1) is 12.7 Å². The molecule has 19 heavy (non-hydrogen) atoms. The molecular weight excluding hydrogens is 240 g/mol. The van der Waals surface area contributed by atoms with Crippen molar-refractivity contribution in [3.8, 4) is 0 Å². The molecule has 4 heteroatoms. The van der Waals surface area contributed by atoms with Gasteiger partial charge in [-0.2, -0.15) is 0 Å². The van der Waals surface area contributed by atoms with Gasteiger partial charge < -0.3 is 14.8 Å². The highest BCUT2D eigenvalue weighted by Crippen LogP contribution is 2.24. The average molecular weight is 270 g/mol. The number of rotatable bonds is 6. The number of ether oxygens (including phenoxy) is 2. The lowest BCUT2D eigenvalue weighted by Crippen LogP contribution is -2.55. The van der Waals surface area contributed by atoms with E-state index in [4.69, 9.17) is 9.47 Å². The van der Waals surface area contributed by atoms with E-state index in [2.05, 4.69) is 24.1 Å². The Morgan fingerprint density at radius 1 is 1.21 bits per heavy atom. The first-order valence-corrected chi connectivity index (χ1v) is 8.00. The van der Waals surface area contributed by atoms with Crippen LogP contribution in [-0.2, 0) is 9.47 Å². The van der Waals surface area contributed by atoms with Gasteiger partial charge in [-0.25, -0.2) is 0 Å². The van der Waals surface area contributed by atoms with E-state index in [1.807, 2.05) is 0 Å². The molecule has 2 fully saturated rings. The first-order valence-electron chi connectivity index (χ1n) is 8.00. The van der Waals surface area contributed by atoms with E-state index in [9.17, 15) is 0 Å². The summed E-state index contributed by atoms with van der Waals surface area (Å²) in [7, 11) is 0. The van der Waals surface area contributed by atoms with E-state index in [-0.39, 0.29) is 0 Å². The second-order valence-corrected chi connectivity index (χ2v) is 5.74. The molecule has 0 aromatic carbocycles. The van der Waals surface area contributed by atoms with Gasteiger partial charge in [-0.1, -0.05) is 13.8 Å². The zero-order chi connectivity index (χ0) is 13.5. The summed E-state index contributed by atoms with van der Waals surface area (Å²) in [6, 6.07) is 0.494. The molecule has 0 amide bonds. The summed E-state index contributed by atoms with van der Waals surface area (Å²) in [5.41, 5.74) is 0. The van der Waals surface area contributed by atoms with Gasteiger partial charge in [0.15, 0.2) is 0 Å². The maximum absolute atomic E-state index is 6.08. The first-order chi connectivity index (χ1) is 9.35. The summed E-state index contributed by atoms with van der Waals surface area (Å²) < 4.78 is 11.6. The summed E-state index contributed by atoms with van der Waals surface area (Å²) in [6.07, 6.45) is 3.93. The van der Waals surface area contributed by atoms with Crippen LogP contribution >= 0.6 is 0 Å². The van der Waals surface area contributed by atoms with Crippen molar-refractivity contribution >= 4 is 0 Å². The zero-order valence-corrected chi connectivity index (χ0v) is 12.6. The van der Waals surface area contributed by atoms with Gasteiger partial charge in [0, 0.05) is 32.3 Å². The molecule has 2 unspecified atom stereocenters. The summed E-state index contributed by atoms with van der Waals surface area (Å²) in [6.45, 7) is 11.6. The van der Waals surface area contributed by atoms with Crippen LogP contribution in [0.25, 0.3) is 0 Å². The number of likely N-dealkylation sites (N-methyl/N-ethyl adjacent to an activating group) is 1. The molecule has 112 valence electrons. The van der Waals surface area contributed by atoms with Gasteiger partial charge in [-0.3, -0.25) is 4.90 Å². The fraction of sp³-hybridized carbons (Fsp3) is 1.00. The Morgan fingerprint density at radius 2 is 2.00 bits per heavy atom. The van der Waals surface area contributed by atoms with Gasteiger partial charge in [0.1, 0.15) is 0 Å². The molecule has 0 aliphatic carbocycles. The SMILES string of the molecule is CCCN1CCOC(C(NCC)C2CCOCC2)C1. The van der Waals surface area contributed by atoms with Crippen molar-refractivity contribution in [2.45, 2.75) is 45.3 Å². The van der Waals surface area contributed by atoms with Crippen LogP contribution in [0, 0.1) is 5.92 Å². The van der Waals surface area contributed by atoms with Gasteiger partial charge in [-0.05, 0) is 38.3 Å². The van der Waals surface area contributed by atoms with E-state index < -0.39 is 0 Å². The first kappa shape index (κ1) is 15.2. The third-order valence-corrected chi connectivity index (χ3v) is 4.33. The number of hydrogen-bond acceptors (Lipinski definition) is 4. The predicted molar refractivity (Wildman–Crippen MR) is 77.5 cm³/mol. The Morgan fingerprint density at radius 3 is 2.68 bits per heavy atom. The van der Waals surface area contributed by atoms with Crippen LogP contribution in [0.4, 0.5) is 0 Å². The van der Waals surface area contributed by atoms with Crippen LogP contribution in [0.2, 0.25) is 0 Å². The minimum absolute atomic E-state index is 0.350. The standard InChI is InChI=1S/C15H30N2O2/c1-3-7-17-8-11-19-14(12-17)15(16-4-2)13-5-9-18-10-6-13/h13-16H,3-12H2,1-2H3. The molecule has 0 bridgehead atoms. The van der Waals surface area contributed by atoms with E-state index in [1.54, 1.807) is 0 Å². The molecule has 4 nitrogen and oxygen atoms in total. The van der Waals surface area contributed by atoms with Crippen molar-refractivity contribution in [1.29, 1.82) is 0 Å². The van der Waals surface area contributed by atoms with E-state index in [0.717, 1.165) is 39.5 Å². The fourth-order valence-corrected chi connectivity index (χ4v) is 3.38. The smallest absolute Gasteiger partial charge is 0.0857 e. The maximum Gasteiger partial charge on any atom is 0.0857 e. The average Bonchev–Trinajstić information content (AvgIpc) is 2.46. The summed E-state index contributed by atoms with van der Waals surface area (Å²) >= 11 is 0. The van der Waals surface area contributed by atoms with Gasteiger partial charge >= 0.3 is 0 Å². The summed E-state index contributed by atoms with van der Waals surface area (Å²) in [4.78, 5) is 2.55. The second kappa shape index (κ2) is 8.20. The van der Waals surface area contributed by atoms with Gasteiger partial charge in [0.2, 0.25) is 0 Å². The topological polar surface area (TPSA) is 33.7 Å². The molecular formula is C15H30N2O2.